The Balaban J connectivity index is 1.38. The molecule has 0 amide bonds. The Morgan fingerprint density at radius 1 is 0.364 bits per heavy atom. The first-order valence-electron chi connectivity index (χ1n) is 20.2. The molecule has 0 unspecified atom stereocenters. The summed E-state index contributed by atoms with van der Waals surface area (Å²) in [6, 6.07) is 55.3. The molecule has 0 radical (unpaired) electrons. The molecule has 0 aliphatic carbocycles. The van der Waals surface area contributed by atoms with Crippen LogP contribution in [0.1, 0.15) is 38.9 Å². The Hall–Kier alpha value is -9.91. The summed E-state index contributed by atoms with van der Waals surface area (Å²) in [6.07, 6.45) is -4.84. The van der Waals surface area contributed by atoms with Crippen molar-refractivity contribution in [1.82, 2.24) is 9.13 Å². The summed E-state index contributed by atoms with van der Waals surface area (Å²) in [5.41, 5.74) is 5.96. The topological polar surface area (TPSA) is 153 Å². The summed E-state index contributed by atoms with van der Waals surface area (Å²) < 4.78 is 48.4. The van der Waals surface area contributed by atoms with Crippen molar-refractivity contribution in [1.29, 1.82) is 31.6 Å². The maximum Gasteiger partial charge on any atom is 0.416 e. The predicted octanol–water partition coefficient (Wildman–Crippen LogP) is 13.1. The van der Waals surface area contributed by atoms with Crippen molar-refractivity contribution in [2.45, 2.75) is 6.18 Å². The zero-order chi connectivity index (χ0) is 45.9. The van der Waals surface area contributed by atoms with Gasteiger partial charge < -0.3 is 9.13 Å². The largest absolute Gasteiger partial charge is 0.416 e. The number of nitriles is 6. The number of hydrogen-bond donors (Lipinski definition) is 0. The minimum absolute atomic E-state index is 0.0535. The van der Waals surface area contributed by atoms with Gasteiger partial charge in [0, 0.05) is 27.1 Å². The van der Waals surface area contributed by atoms with Crippen molar-refractivity contribution in [2.75, 3.05) is 0 Å². The van der Waals surface area contributed by atoms with Gasteiger partial charge in [0.15, 0.2) is 0 Å². The average molecular weight is 855 g/mol. The van der Waals surface area contributed by atoms with Gasteiger partial charge in [-0.3, -0.25) is 0 Å². The highest BCUT2D eigenvalue weighted by Gasteiger charge is 2.33. The second-order valence-electron chi connectivity index (χ2n) is 15.5. The number of alkyl halides is 3. The van der Waals surface area contributed by atoms with Crippen molar-refractivity contribution >= 4 is 43.6 Å². The van der Waals surface area contributed by atoms with E-state index in [4.69, 9.17) is 0 Å². The quantitative estimate of drug-likeness (QED) is 0.168. The molecule has 11 heteroatoms. The Labute approximate surface area is 374 Å². The highest BCUT2D eigenvalue weighted by molar-refractivity contribution is 6.13. The van der Waals surface area contributed by atoms with Gasteiger partial charge in [-0.05, 0) is 107 Å². The molecule has 306 valence electrons. The van der Waals surface area contributed by atoms with E-state index in [1.54, 1.807) is 36.4 Å². The van der Waals surface area contributed by atoms with Crippen LogP contribution >= 0.6 is 0 Å². The first-order valence-corrected chi connectivity index (χ1v) is 20.2. The molecule has 0 saturated carbocycles. The molecule has 8 nitrogen and oxygen atoms in total. The highest BCUT2D eigenvalue weighted by atomic mass is 19.4. The molecule has 0 fully saturated rings. The summed E-state index contributed by atoms with van der Waals surface area (Å²) >= 11 is 0. The molecule has 66 heavy (non-hydrogen) atoms. The van der Waals surface area contributed by atoms with E-state index in [1.165, 1.54) is 18.2 Å². The van der Waals surface area contributed by atoms with Gasteiger partial charge in [-0.15, -0.1) is 0 Å². The average Bonchev–Trinajstić information content (AvgIpc) is 3.86. The summed E-state index contributed by atoms with van der Waals surface area (Å²) in [4.78, 5) is 0. The van der Waals surface area contributed by atoms with Crippen LogP contribution < -0.4 is 0 Å². The van der Waals surface area contributed by atoms with Crippen LogP contribution in [0, 0.1) is 68.0 Å². The smallest absolute Gasteiger partial charge is 0.308 e. The molecule has 0 atom stereocenters. The fourth-order valence-corrected chi connectivity index (χ4v) is 9.04. The van der Waals surface area contributed by atoms with Gasteiger partial charge in [0.1, 0.15) is 0 Å². The number of nitrogens with zero attached hydrogens (tertiary/aromatic N) is 8. The minimum atomic E-state index is -4.84. The number of hydrogen-bond acceptors (Lipinski definition) is 6. The van der Waals surface area contributed by atoms with Gasteiger partial charge in [0.25, 0.3) is 0 Å². The summed E-state index contributed by atoms with van der Waals surface area (Å²) in [7, 11) is 0. The molecule has 0 aliphatic rings. The molecule has 8 aromatic carbocycles. The lowest BCUT2D eigenvalue weighted by molar-refractivity contribution is -0.137. The third-order valence-corrected chi connectivity index (χ3v) is 11.9. The molecule has 0 saturated heterocycles. The molecule has 0 N–H and O–H groups in total. The van der Waals surface area contributed by atoms with Crippen LogP contribution in [0.15, 0.2) is 152 Å². The highest BCUT2D eigenvalue weighted by Crippen LogP contribution is 2.45. The van der Waals surface area contributed by atoms with E-state index >= 15 is 0 Å². The molecule has 10 rings (SSSR count). The summed E-state index contributed by atoms with van der Waals surface area (Å²) in [5.74, 6) is 0. The number of fused-ring (bicyclic) bond motifs is 6. The van der Waals surface area contributed by atoms with Crippen molar-refractivity contribution in [3.05, 3.63) is 191 Å². The predicted molar refractivity (Wildman–Crippen MR) is 245 cm³/mol. The summed E-state index contributed by atoms with van der Waals surface area (Å²) in [5, 5.41) is 63.7. The standard InChI is InChI=1S/C55H25F3N8/c56-55(57,58)41-20-34(28-61)19-38(23-41)54-52(65-48-7-3-1-5-44(48)46-15-11-36(24-50(46)65)42-13-9-32(26-59)17-39(42)30-63)21-35(29-62)22-53(54)66-49-8-4-2-6-45(49)47-16-12-37(25-51(47)66)43-14-10-33(27-60)18-40(43)31-64/h1-25H. The van der Waals surface area contributed by atoms with Crippen LogP contribution in [-0.2, 0) is 6.18 Å². The Kier molecular flexibility index (Phi) is 9.41. The van der Waals surface area contributed by atoms with Crippen LogP contribution in [0.4, 0.5) is 13.2 Å². The van der Waals surface area contributed by atoms with Gasteiger partial charge in [0.2, 0.25) is 0 Å². The lowest BCUT2D eigenvalue weighted by Crippen LogP contribution is -2.08. The zero-order valence-corrected chi connectivity index (χ0v) is 34.1. The van der Waals surface area contributed by atoms with E-state index in [9.17, 15) is 44.7 Å². The van der Waals surface area contributed by atoms with Gasteiger partial charge in [0.05, 0.1) is 109 Å². The van der Waals surface area contributed by atoms with E-state index in [-0.39, 0.29) is 33.4 Å². The lowest BCUT2D eigenvalue weighted by Gasteiger charge is -2.22. The lowest BCUT2D eigenvalue weighted by atomic mass is 9.94. The molecule has 10 aromatic rings. The zero-order valence-electron chi connectivity index (χ0n) is 34.1. The first kappa shape index (κ1) is 40.2. The number of benzene rings is 8. The molecular weight excluding hydrogens is 830 g/mol. The minimum Gasteiger partial charge on any atom is -0.308 e. The molecule has 0 aliphatic heterocycles. The monoisotopic (exact) mass is 854 g/mol. The second kappa shape index (κ2) is 15.5. The fraction of sp³-hybridized carbons (Fsp3) is 0.0182. The Bertz CT molecular complexity index is 3800. The van der Waals surface area contributed by atoms with Crippen LogP contribution in [0.25, 0.3) is 88.4 Å². The third-order valence-electron chi connectivity index (χ3n) is 11.9. The van der Waals surface area contributed by atoms with Crippen molar-refractivity contribution < 1.29 is 13.2 Å². The SMILES string of the molecule is N#Cc1cc(-c2c(-n3c4ccccc4c4ccc(-c5ccc(C#N)cc5C#N)cc43)cc(C#N)cc2-n2c3ccccc3c3ccc(-c4ccc(C#N)cc4C#N)cc32)cc(C(F)(F)F)c1. The Morgan fingerprint density at radius 3 is 1.24 bits per heavy atom. The molecular formula is C55H25F3N8. The third kappa shape index (κ3) is 6.42. The number of halogens is 3. The van der Waals surface area contributed by atoms with E-state index in [0.717, 1.165) is 33.7 Å². The van der Waals surface area contributed by atoms with E-state index < -0.39 is 11.7 Å². The molecule has 0 spiro atoms. The number of para-hydroxylation sites is 2. The van der Waals surface area contributed by atoms with Gasteiger partial charge in [-0.2, -0.15) is 44.7 Å². The number of rotatable bonds is 5. The fourth-order valence-electron chi connectivity index (χ4n) is 9.04. The van der Waals surface area contributed by atoms with E-state index in [2.05, 4.69) is 30.3 Å². The van der Waals surface area contributed by atoms with Gasteiger partial charge in [-0.1, -0.05) is 72.8 Å². The van der Waals surface area contributed by atoms with Gasteiger partial charge in [-0.25, -0.2) is 0 Å². The maximum absolute atomic E-state index is 14.9. The molecule has 2 heterocycles. The van der Waals surface area contributed by atoms with E-state index in [1.807, 2.05) is 100 Å². The summed E-state index contributed by atoms with van der Waals surface area (Å²) in [6.45, 7) is 0. The molecule has 2 aromatic heterocycles. The second-order valence-corrected chi connectivity index (χ2v) is 15.5. The van der Waals surface area contributed by atoms with Crippen molar-refractivity contribution in [2.24, 2.45) is 0 Å². The van der Waals surface area contributed by atoms with E-state index in [0.29, 0.717) is 66.8 Å². The van der Waals surface area contributed by atoms with Crippen LogP contribution in [0.2, 0.25) is 0 Å². The first-order chi connectivity index (χ1) is 32.1. The Morgan fingerprint density at radius 2 is 0.803 bits per heavy atom. The number of aromatic nitrogens is 2. The van der Waals surface area contributed by atoms with Crippen molar-refractivity contribution in [3.63, 3.8) is 0 Å². The normalized spacial score (nSPS) is 11.2. The maximum atomic E-state index is 14.9. The van der Waals surface area contributed by atoms with Crippen molar-refractivity contribution in [3.8, 4) is 81.2 Å². The van der Waals surface area contributed by atoms with Crippen LogP contribution in [-0.4, -0.2) is 9.13 Å². The van der Waals surface area contributed by atoms with Gasteiger partial charge >= 0.3 is 6.18 Å². The van der Waals surface area contributed by atoms with Crippen LogP contribution in [0.3, 0.4) is 0 Å². The molecule has 0 bridgehead atoms. The van der Waals surface area contributed by atoms with Crippen LogP contribution in [0.5, 0.6) is 0 Å².